The van der Waals surface area contributed by atoms with Crippen molar-refractivity contribution in [2.75, 3.05) is 14.2 Å². The summed E-state index contributed by atoms with van der Waals surface area (Å²) in [5, 5.41) is 10.3. The first-order valence-corrected chi connectivity index (χ1v) is 3.41. The monoisotopic (exact) mass is 184 g/mol. The minimum absolute atomic E-state index is 0.266. The molecule has 0 bridgehead atoms. The van der Waals surface area contributed by atoms with Gasteiger partial charge in [0.25, 0.3) is 0 Å². The van der Waals surface area contributed by atoms with Gasteiger partial charge >= 0.3 is 5.82 Å². The molecule has 0 fully saturated rings. The molecule has 1 aromatic heterocycles. The SMILES string of the molecule is COc1cnc([N+](=O)[O-])cc1OC. The molecule has 0 saturated carbocycles. The molecular formula is C7H8N2O4. The molecule has 0 aromatic carbocycles. The van der Waals surface area contributed by atoms with Gasteiger partial charge in [-0.3, -0.25) is 0 Å². The second-order valence-electron chi connectivity index (χ2n) is 2.15. The molecule has 0 saturated heterocycles. The highest BCUT2D eigenvalue weighted by atomic mass is 16.6. The maximum absolute atomic E-state index is 10.3. The van der Waals surface area contributed by atoms with Crippen molar-refractivity contribution >= 4 is 5.82 Å². The summed E-state index contributed by atoms with van der Waals surface area (Å²) in [6.45, 7) is 0. The first-order valence-electron chi connectivity index (χ1n) is 3.41. The zero-order valence-corrected chi connectivity index (χ0v) is 7.18. The lowest BCUT2D eigenvalue weighted by atomic mass is 10.4. The van der Waals surface area contributed by atoms with E-state index in [4.69, 9.17) is 9.47 Å². The van der Waals surface area contributed by atoms with E-state index in [1.165, 1.54) is 26.5 Å². The minimum atomic E-state index is -0.595. The van der Waals surface area contributed by atoms with E-state index in [0.29, 0.717) is 11.5 Å². The average Bonchev–Trinajstić information content (AvgIpc) is 2.16. The van der Waals surface area contributed by atoms with Gasteiger partial charge in [-0.25, -0.2) is 0 Å². The van der Waals surface area contributed by atoms with Crippen LogP contribution in [0.1, 0.15) is 0 Å². The normalized spacial score (nSPS) is 9.38. The molecule has 1 rings (SSSR count). The highest BCUT2D eigenvalue weighted by Gasteiger charge is 2.13. The van der Waals surface area contributed by atoms with E-state index in [1.807, 2.05) is 0 Å². The molecule has 0 aliphatic heterocycles. The topological polar surface area (TPSA) is 74.5 Å². The van der Waals surface area contributed by atoms with Crippen LogP contribution in [0.15, 0.2) is 12.3 Å². The fraction of sp³-hybridized carbons (Fsp3) is 0.286. The lowest BCUT2D eigenvalue weighted by Gasteiger charge is -2.03. The van der Waals surface area contributed by atoms with Gasteiger partial charge < -0.3 is 19.6 Å². The number of hydrogen-bond donors (Lipinski definition) is 0. The van der Waals surface area contributed by atoms with E-state index >= 15 is 0 Å². The summed E-state index contributed by atoms with van der Waals surface area (Å²) in [6.07, 6.45) is 1.25. The van der Waals surface area contributed by atoms with Crippen molar-refractivity contribution in [3.05, 3.63) is 22.4 Å². The van der Waals surface area contributed by atoms with Crippen molar-refractivity contribution in [3.8, 4) is 11.5 Å². The van der Waals surface area contributed by atoms with Crippen molar-refractivity contribution in [2.24, 2.45) is 0 Å². The van der Waals surface area contributed by atoms with Gasteiger partial charge in [-0.05, 0) is 9.91 Å². The third-order valence-electron chi connectivity index (χ3n) is 1.44. The number of ether oxygens (including phenoxy) is 2. The van der Waals surface area contributed by atoms with Crippen LogP contribution in [-0.2, 0) is 0 Å². The van der Waals surface area contributed by atoms with E-state index in [-0.39, 0.29) is 5.82 Å². The fourth-order valence-electron chi connectivity index (χ4n) is 0.827. The van der Waals surface area contributed by atoms with Crippen LogP contribution in [0.2, 0.25) is 0 Å². The number of nitrogens with zero attached hydrogens (tertiary/aromatic N) is 2. The second kappa shape index (κ2) is 3.70. The van der Waals surface area contributed by atoms with E-state index in [1.54, 1.807) is 0 Å². The lowest BCUT2D eigenvalue weighted by Crippen LogP contribution is -1.96. The van der Waals surface area contributed by atoms with Crippen molar-refractivity contribution in [1.82, 2.24) is 4.98 Å². The van der Waals surface area contributed by atoms with Crippen LogP contribution >= 0.6 is 0 Å². The lowest BCUT2D eigenvalue weighted by molar-refractivity contribution is -0.389. The molecule has 0 unspecified atom stereocenters. The fourth-order valence-corrected chi connectivity index (χ4v) is 0.827. The van der Waals surface area contributed by atoms with Gasteiger partial charge in [0.15, 0.2) is 11.9 Å². The van der Waals surface area contributed by atoms with Crippen molar-refractivity contribution in [3.63, 3.8) is 0 Å². The van der Waals surface area contributed by atoms with Crippen LogP contribution < -0.4 is 9.47 Å². The van der Waals surface area contributed by atoms with Gasteiger partial charge in [-0.2, -0.15) is 0 Å². The summed E-state index contributed by atoms with van der Waals surface area (Å²) in [5.74, 6) is 0.398. The summed E-state index contributed by atoms with van der Waals surface area (Å²) in [4.78, 5) is 13.3. The van der Waals surface area contributed by atoms with Crippen LogP contribution in [-0.4, -0.2) is 24.1 Å². The number of nitro groups is 1. The molecule has 0 N–H and O–H groups in total. The Labute approximate surface area is 74.3 Å². The van der Waals surface area contributed by atoms with Crippen molar-refractivity contribution in [1.29, 1.82) is 0 Å². The summed E-state index contributed by atoms with van der Waals surface area (Å²) >= 11 is 0. The Morgan fingerprint density at radius 1 is 1.38 bits per heavy atom. The molecule has 0 aliphatic rings. The molecule has 6 nitrogen and oxygen atoms in total. The van der Waals surface area contributed by atoms with Crippen LogP contribution in [0, 0.1) is 10.1 Å². The molecule has 6 heteroatoms. The zero-order chi connectivity index (χ0) is 9.84. The molecule has 13 heavy (non-hydrogen) atoms. The number of pyridine rings is 1. The predicted octanol–water partition coefficient (Wildman–Crippen LogP) is 1.01. The standard InChI is InChI=1S/C7H8N2O4/c1-12-5-3-7(9(10)11)8-4-6(5)13-2/h3-4H,1-2H3. The van der Waals surface area contributed by atoms with Crippen LogP contribution in [0.25, 0.3) is 0 Å². The van der Waals surface area contributed by atoms with Gasteiger partial charge in [0.1, 0.15) is 0 Å². The van der Waals surface area contributed by atoms with E-state index in [0.717, 1.165) is 0 Å². The Bertz CT molecular complexity index is 326. The molecule has 0 atom stereocenters. The van der Waals surface area contributed by atoms with Crippen LogP contribution in [0.3, 0.4) is 0 Å². The Balaban J connectivity index is 3.13. The average molecular weight is 184 g/mol. The number of aromatic nitrogens is 1. The summed E-state index contributed by atoms with van der Waals surface area (Å²) in [6, 6.07) is 1.21. The molecule has 70 valence electrons. The summed E-state index contributed by atoms with van der Waals surface area (Å²) in [5.41, 5.74) is 0. The largest absolute Gasteiger partial charge is 0.492 e. The van der Waals surface area contributed by atoms with E-state index in [2.05, 4.69) is 4.98 Å². The highest BCUT2D eigenvalue weighted by Crippen LogP contribution is 2.28. The van der Waals surface area contributed by atoms with Crippen LogP contribution in [0.4, 0.5) is 5.82 Å². The van der Waals surface area contributed by atoms with Gasteiger partial charge in [0, 0.05) is 0 Å². The molecule has 0 spiro atoms. The van der Waals surface area contributed by atoms with Gasteiger partial charge in [0.05, 0.1) is 20.3 Å². The number of methoxy groups -OCH3 is 2. The van der Waals surface area contributed by atoms with Gasteiger partial charge in [-0.15, -0.1) is 0 Å². The summed E-state index contributed by atoms with van der Waals surface area (Å²) in [7, 11) is 2.84. The third kappa shape index (κ3) is 1.84. The van der Waals surface area contributed by atoms with Crippen molar-refractivity contribution in [2.45, 2.75) is 0 Å². The first-order chi connectivity index (χ1) is 6.19. The Kier molecular flexibility index (Phi) is 2.63. The van der Waals surface area contributed by atoms with Gasteiger partial charge in [0.2, 0.25) is 5.75 Å². The third-order valence-corrected chi connectivity index (χ3v) is 1.44. The van der Waals surface area contributed by atoms with Gasteiger partial charge in [-0.1, -0.05) is 0 Å². The van der Waals surface area contributed by atoms with E-state index in [9.17, 15) is 10.1 Å². The molecule has 0 amide bonds. The maximum atomic E-state index is 10.3. The maximum Gasteiger partial charge on any atom is 0.367 e. The Morgan fingerprint density at radius 2 is 2.00 bits per heavy atom. The molecule has 1 aromatic rings. The zero-order valence-electron chi connectivity index (χ0n) is 7.18. The smallest absolute Gasteiger partial charge is 0.367 e. The van der Waals surface area contributed by atoms with E-state index < -0.39 is 4.92 Å². The first kappa shape index (κ1) is 9.24. The van der Waals surface area contributed by atoms with Crippen molar-refractivity contribution < 1.29 is 14.4 Å². The summed E-state index contributed by atoms with van der Waals surface area (Å²) < 4.78 is 9.72. The minimum Gasteiger partial charge on any atom is -0.492 e. The molecule has 0 aliphatic carbocycles. The quantitative estimate of drug-likeness (QED) is 0.517. The highest BCUT2D eigenvalue weighted by molar-refractivity contribution is 5.42. The Morgan fingerprint density at radius 3 is 2.46 bits per heavy atom. The molecule has 0 radical (unpaired) electrons. The molecule has 1 heterocycles. The molecular weight excluding hydrogens is 176 g/mol. The Hall–Kier alpha value is -1.85. The number of rotatable bonds is 3. The predicted molar refractivity (Wildman–Crippen MR) is 44.0 cm³/mol. The van der Waals surface area contributed by atoms with Crippen LogP contribution in [0.5, 0.6) is 11.5 Å². The number of hydrogen-bond acceptors (Lipinski definition) is 5. The second-order valence-corrected chi connectivity index (χ2v) is 2.15.